The van der Waals surface area contributed by atoms with Crippen LogP contribution in [0.4, 0.5) is 13.2 Å². The fraction of sp³-hybridized carbons (Fsp3) is 0.143. The molecule has 0 aliphatic carbocycles. The second-order valence-electron chi connectivity index (χ2n) is 4.06. The number of rotatable bonds is 3. The van der Waals surface area contributed by atoms with Crippen LogP contribution in [0.5, 0.6) is 5.75 Å². The molecule has 21 heavy (non-hydrogen) atoms. The Morgan fingerprint density at radius 3 is 2.62 bits per heavy atom. The minimum absolute atomic E-state index is 0.0658. The number of hydrogen-bond donors (Lipinski definition) is 0. The van der Waals surface area contributed by atoms with Crippen LogP contribution in [-0.4, -0.2) is 11.3 Å². The van der Waals surface area contributed by atoms with Crippen LogP contribution >= 0.6 is 11.6 Å². The van der Waals surface area contributed by atoms with Crippen molar-refractivity contribution in [2.45, 2.75) is 12.8 Å². The van der Waals surface area contributed by atoms with E-state index in [1.807, 2.05) is 6.07 Å². The molecule has 0 atom stereocenters. The molecule has 0 radical (unpaired) electrons. The summed E-state index contributed by atoms with van der Waals surface area (Å²) in [6.07, 6.45) is -3.23. The molecule has 2 rings (SSSR count). The van der Waals surface area contributed by atoms with Crippen LogP contribution in [0.15, 0.2) is 36.5 Å². The number of pyridine rings is 1. The molecule has 1 aromatic carbocycles. The topological polar surface area (TPSA) is 45.9 Å². The first kappa shape index (κ1) is 15.1. The summed E-state index contributed by atoms with van der Waals surface area (Å²) in [5.74, 6) is -0.322. The van der Waals surface area contributed by atoms with Crippen molar-refractivity contribution in [2.75, 3.05) is 0 Å². The van der Waals surface area contributed by atoms with Crippen LogP contribution in [0.2, 0.25) is 5.02 Å². The van der Waals surface area contributed by atoms with Gasteiger partial charge in [-0.2, -0.15) is 5.26 Å². The van der Waals surface area contributed by atoms with Gasteiger partial charge in [0, 0.05) is 11.8 Å². The molecule has 0 fully saturated rings. The summed E-state index contributed by atoms with van der Waals surface area (Å²) in [6.45, 7) is 0. The number of benzene rings is 1. The van der Waals surface area contributed by atoms with E-state index < -0.39 is 6.36 Å². The largest absolute Gasteiger partial charge is 0.573 e. The molecule has 2 aromatic rings. The van der Waals surface area contributed by atoms with Crippen LogP contribution in [-0.2, 0) is 6.42 Å². The van der Waals surface area contributed by atoms with Crippen molar-refractivity contribution >= 4 is 11.6 Å². The predicted molar refractivity (Wildman–Crippen MR) is 70.7 cm³/mol. The Morgan fingerprint density at radius 1 is 1.24 bits per heavy atom. The van der Waals surface area contributed by atoms with Crippen molar-refractivity contribution in [3.8, 4) is 22.9 Å². The second-order valence-corrected chi connectivity index (χ2v) is 4.47. The highest BCUT2D eigenvalue weighted by Crippen LogP contribution is 2.29. The van der Waals surface area contributed by atoms with Gasteiger partial charge < -0.3 is 4.74 Å². The van der Waals surface area contributed by atoms with E-state index in [4.69, 9.17) is 16.9 Å². The van der Waals surface area contributed by atoms with Crippen LogP contribution in [0.3, 0.4) is 0 Å². The van der Waals surface area contributed by atoms with Crippen molar-refractivity contribution in [3.05, 3.63) is 47.2 Å². The lowest BCUT2D eigenvalue weighted by molar-refractivity contribution is -0.274. The van der Waals surface area contributed by atoms with E-state index in [0.717, 1.165) is 0 Å². The zero-order valence-electron chi connectivity index (χ0n) is 10.5. The molecule has 3 nitrogen and oxygen atoms in total. The Bertz CT molecular complexity index is 695. The van der Waals surface area contributed by atoms with Crippen LogP contribution in [0.1, 0.15) is 5.69 Å². The molecule has 0 N–H and O–H groups in total. The lowest BCUT2D eigenvalue weighted by Crippen LogP contribution is -2.17. The molecule has 0 amide bonds. The van der Waals surface area contributed by atoms with E-state index in [9.17, 15) is 13.2 Å². The van der Waals surface area contributed by atoms with Gasteiger partial charge >= 0.3 is 6.36 Å². The summed E-state index contributed by atoms with van der Waals surface area (Å²) < 4.78 is 40.4. The van der Waals surface area contributed by atoms with Crippen LogP contribution in [0.25, 0.3) is 11.1 Å². The number of nitriles is 1. The SMILES string of the molecule is N#CCc1ncc(-c2cccc(OC(F)(F)F)c2)cc1Cl. The third-order valence-corrected chi connectivity index (χ3v) is 2.89. The standard InChI is InChI=1S/C14H8ClF3N2O/c15-12-7-10(8-20-13(12)4-5-19)9-2-1-3-11(6-9)21-14(16,17)18/h1-3,6-8H,4H2. The molecule has 0 aliphatic rings. The number of hydrogen-bond acceptors (Lipinski definition) is 3. The van der Waals surface area contributed by atoms with Gasteiger partial charge in [-0.1, -0.05) is 23.7 Å². The number of halogens is 4. The summed E-state index contributed by atoms with van der Waals surface area (Å²) in [7, 11) is 0. The minimum Gasteiger partial charge on any atom is -0.406 e. The monoisotopic (exact) mass is 312 g/mol. The maximum Gasteiger partial charge on any atom is 0.573 e. The Morgan fingerprint density at radius 2 is 2.00 bits per heavy atom. The molecule has 0 spiro atoms. The Labute approximate surface area is 123 Å². The molecule has 108 valence electrons. The van der Waals surface area contributed by atoms with E-state index in [0.29, 0.717) is 16.8 Å². The summed E-state index contributed by atoms with van der Waals surface area (Å²) >= 11 is 5.98. The second kappa shape index (κ2) is 6.02. The molecule has 1 aromatic heterocycles. The maximum absolute atomic E-state index is 12.2. The molecule has 0 saturated heterocycles. The average Bonchev–Trinajstić information content (AvgIpc) is 2.39. The molecule has 7 heteroatoms. The van der Waals surface area contributed by atoms with Gasteiger partial charge in [0.2, 0.25) is 0 Å². The lowest BCUT2D eigenvalue weighted by atomic mass is 10.1. The smallest absolute Gasteiger partial charge is 0.406 e. The fourth-order valence-electron chi connectivity index (χ4n) is 1.70. The normalized spacial score (nSPS) is 11.0. The summed E-state index contributed by atoms with van der Waals surface area (Å²) in [6, 6.07) is 8.97. The Hall–Kier alpha value is -2.26. The summed E-state index contributed by atoms with van der Waals surface area (Å²) in [5, 5.41) is 8.89. The van der Waals surface area contributed by atoms with Crippen molar-refractivity contribution < 1.29 is 17.9 Å². The number of ether oxygens (including phenoxy) is 1. The van der Waals surface area contributed by atoms with Gasteiger partial charge in [-0.25, -0.2) is 0 Å². The van der Waals surface area contributed by atoms with Crippen LogP contribution in [0, 0.1) is 11.3 Å². The van der Waals surface area contributed by atoms with Gasteiger partial charge in [-0.15, -0.1) is 13.2 Å². The first-order chi connectivity index (χ1) is 9.89. The summed E-state index contributed by atoms with van der Waals surface area (Å²) in [4.78, 5) is 4.03. The summed E-state index contributed by atoms with van der Waals surface area (Å²) in [5.41, 5.74) is 1.44. The van der Waals surface area contributed by atoms with E-state index in [-0.39, 0.29) is 17.2 Å². The zero-order chi connectivity index (χ0) is 15.5. The van der Waals surface area contributed by atoms with E-state index >= 15 is 0 Å². The maximum atomic E-state index is 12.2. The highest BCUT2D eigenvalue weighted by molar-refractivity contribution is 6.31. The number of aromatic nitrogens is 1. The predicted octanol–water partition coefficient (Wildman–Crippen LogP) is 4.37. The molecule has 0 unspecified atom stereocenters. The van der Waals surface area contributed by atoms with Crippen molar-refractivity contribution in [1.82, 2.24) is 4.98 Å². The molecule has 0 aliphatic heterocycles. The van der Waals surface area contributed by atoms with Crippen molar-refractivity contribution in [1.29, 1.82) is 5.26 Å². The molecular formula is C14H8ClF3N2O. The number of nitrogens with zero attached hydrogens (tertiary/aromatic N) is 2. The average molecular weight is 313 g/mol. The first-order valence-corrected chi connectivity index (χ1v) is 6.14. The minimum atomic E-state index is -4.74. The lowest BCUT2D eigenvalue weighted by Gasteiger charge is -2.10. The molecule has 0 saturated carbocycles. The van der Waals surface area contributed by atoms with E-state index in [1.165, 1.54) is 24.4 Å². The molecule has 1 heterocycles. The van der Waals surface area contributed by atoms with Gasteiger partial charge in [-0.3, -0.25) is 4.98 Å². The van der Waals surface area contributed by atoms with Gasteiger partial charge in [0.25, 0.3) is 0 Å². The zero-order valence-corrected chi connectivity index (χ0v) is 11.2. The van der Waals surface area contributed by atoms with Gasteiger partial charge in [-0.05, 0) is 23.8 Å². The van der Waals surface area contributed by atoms with E-state index in [2.05, 4.69) is 9.72 Å². The highest BCUT2D eigenvalue weighted by atomic mass is 35.5. The third kappa shape index (κ3) is 4.10. The van der Waals surface area contributed by atoms with E-state index in [1.54, 1.807) is 12.1 Å². The van der Waals surface area contributed by atoms with Gasteiger partial charge in [0.05, 0.1) is 23.2 Å². The third-order valence-electron chi connectivity index (χ3n) is 2.56. The molecule has 0 bridgehead atoms. The highest BCUT2D eigenvalue weighted by Gasteiger charge is 2.31. The van der Waals surface area contributed by atoms with Gasteiger partial charge in [0.15, 0.2) is 0 Å². The van der Waals surface area contributed by atoms with Crippen LogP contribution < -0.4 is 4.74 Å². The van der Waals surface area contributed by atoms with Crippen molar-refractivity contribution in [2.24, 2.45) is 0 Å². The fourth-order valence-corrected chi connectivity index (χ4v) is 1.93. The Balaban J connectivity index is 2.32. The van der Waals surface area contributed by atoms with Crippen molar-refractivity contribution in [3.63, 3.8) is 0 Å². The number of alkyl halides is 3. The Kier molecular flexibility index (Phi) is 4.34. The quantitative estimate of drug-likeness (QED) is 0.845. The molecular weight excluding hydrogens is 305 g/mol. The van der Waals surface area contributed by atoms with Gasteiger partial charge in [0.1, 0.15) is 5.75 Å². The first-order valence-electron chi connectivity index (χ1n) is 5.76.